The van der Waals surface area contributed by atoms with Gasteiger partial charge < -0.3 is 10.2 Å². The molecule has 0 aromatic carbocycles. The van der Waals surface area contributed by atoms with E-state index in [1.807, 2.05) is 0 Å². The second-order valence-corrected chi connectivity index (χ2v) is 5.25. The maximum absolute atomic E-state index is 10.1. The number of carboxylic acids is 2. The molecule has 0 rings (SSSR count). The number of rotatable bonds is 6. The van der Waals surface area contributed by atoms with Gasteiger partial charge in [0.25, 0.3) is 0 Å². The minimum Gasteiger partial charge on any atom is -0.481 e. The van der Waals surface area contributed by atoms with E-state index in [0.717, 1.165) is 0 Å². The Morgan fingerprint density at radius 3 is 1.67 bits per heavy atom. The van der Waals surface area contributed by atoms with Crippen LogP contribution in [0, 0.1) is 0 Å². The summed E-state index contributed by atoms with van der Waals surface area (Å²) in [6.45, 7) is 0. The summed E-state index contributed by atoms with van der Waals surface area (Å²) in [5, 5.41) is 16.6. The SMILES string of the molecule is O=C(O)CCS(=S)CCC(=O)O. The maximum atomic E-state index is 10.1. The minimum absolute atomic E-state index is 0.0340. The average Bonchev–Trinajstić information content (AvgIpc) is 1.96. The van der Waals surface area contributed by atoms with Crippen LogP contribution in [0.1, 0.15) is 12.8 Å². The Morgan fingerprint density at radius 2 is 1.42 bits per heavy atom. The first-order valence-electron chi connectivity index (χ1n) is 3.31. The summed E-state index contributed by atoms with van der Waals surface area (Å²) in [6, 6.07) is 0. The highest BCUT2D eigenvalue weighted by atomic mass is 32.8. The van der Waals surface area contributed by atoms with Crippen molar-refractivity contribution in [3.8, 4) is 0 Å². The molecule has 70 valence electrons. The fourth-order valence-corrected chi connectivity index (χ4v) is 2.01. The van der Waals surface area contributed by atoms with E-state index in [1.165, 1.54) is 0 Å². The van der Waals surface area contributed by atoms with E-state index in [-0.39, 0.29) is 12.8 Å². The van der Waals surface area contributed by atoms with Gasteiger partial charge in [0.2, 0.25) is 0 Å². The lowest BCUT2D eigenvalue weighted by atomic mass is 10.5. The summed E-state index contributed by atoms with van der Waals surface area (Å²) < 4.78 is 0. The smallest absolute Gasteiger partial charge is 0.304 e. The van der Waals surface area contributed by atoms with Crippen LogP contribution in [-0.2, 0) is 30.2 Å². The Bertz CT molecular complexity index is 182. The zero-order chi connectivity index (χ0) is 9.56. The van der Waals surface area contributed by atoms with Crippen LogP contribution in [0.3, 0.4) is 0 Å². The van der Waals surface area contributed by atoms with E-state index in [4.69, 9.17) is 21.4 Å². The molecule has 0 atom stereocenters. The van der Waals surface area contributed by atoms with Gasteiger partial charge in [-0.1, -0.05) is 11.2 Å². The average molecular weight is 210 g/mol. The lowest BCUT2D eigenvalue weighted by molar-refractivity contribution is -0.137. The molecule has 0 amide bonds. The third kappa shape index (κ3) is 7.62. The molecular formula is C6H10O4S2. The van der Waals surface area contributed by atoms with Crippen LogP contribution >= 0.6 is 0 Å². The Hall–Kier alpha value is -0.490. The molecular weight excluding hydrogens is 200 g/mol. The molecule has 0 aliphatic rings. The minimum atomic E-state index is -0.882. The molecule has 2 N–H and O–H groups in total. The molecule has 0 bridgehead atoms. The lowest BCUT2D eigenvalue weighted by Crippen LogP contribution is -2.09. The molecule has 4 nitrogen and oxygen atoms in total. The number of carbonyl (C=O) groups is 2. The van der Waals surface area contributed by atoms with Gasteiger partial charge in [-0.3, -0.25) is 9.59 Å². The molecule has 6 heteroatoms. The first-order chi connectivity index (χ1) is 5.52. The summed E-state index contributed by atoms with van der Waals surface area (Å²) in [6.07, 6.45) is 0.0679. The van der Waals surface area contributed by atoms with Crippen LogP contribution in [0.5, 0.6) is 0 Å². The van der Waals surface area contributed by atoms with Crippen molar-refractivity contribution in [2.45, 2.75) is 12.8 Å². The van der Waals surface area contributed by atoms with Crippen molar-refractivity contribution < 1.29 is 19.8 Å². The van der Waals surface area contributed by atoms with Gasteiger partial charge in [0.05, 0.1) is 12.8 Å². The summed E-state index contributed by atoms with van der Waals surface area (Å²) in [4.78, 5) is 20.2. The number of hydrogen-bond donors (Lipinski definition) is 2. The molecule has 0 aromatic heterocycles. The van der Waals surface area contributed by atoms with Crippen molar-refractivity contribution in [3.63, 3.8) is 0 Å². The molecule has 12 heavy (non-hydrogen) atoms. The molecule has 0 aliphatic carbocycles. The Labute approximate surface area is 77.2 Å². The van der Waals surface area contributed by atoms with Crippen molar-refractivity contribution >= 4 is 32.6 Å². The molecule has 0 radical (unpaired) electrons. The van der Waals surface area contributed by atoms with Crippen molar-refractivity contribution in [2.75, 3.05) is 11.5 Å². The van der Waals surface area contributed by atoms with Crippen LogP contribution in [0.4, 0.5) is 0 Å². The third-order valence-corrected chi connectivity index (χ3v) is 3.41. The summed E-state index contributed by atoms with van der Waals surface area (Å²) in [7, 11) is -0.490. The monoisotopic (exact) mass is 210 g/mol. The van der Waals surface area contributed by atoms with Crippen molar-refractivity contribution in [1.29, 1.82) is 0 Å². The molecule has 0 spiro atoms. The second kappa shape index (κ2) is 6.07. The van der Waals surface area contributed by atoms with Crippen LogP contribution in [0.15, 0.2) is 0 Å². The molecule has 0 saturated heterocycles. The summed E-state index contributed by atoms with van der Waals surface area (Å²) >= 11 is 4.88. The predicted octanol–water partition coefficient (Wildman–Crippen LogP) is 0.0160. The highest BCUT2D eigenvalue weighted by Gasteiger charge is 2.02. The van der Waals surface area contributed by atoms with Gasteiger partial charge >= 0.3 is 11.9 Å². The molecule has 0 aliphatic heterocycles. The molecule has 0 unspecified atom stereocenters. The van der Waals surface area contributed by atoms with Gasteiger partial charge in [-0.15, -0.1) is 9.45 Å². The molecule has 0 aromatic rings. The van der Waals surface area contributed by atoms with Crippen LogP contribution in [0.25, 0.3) is 0 Å². The lowest BCUT2D eigenvalue weighted by Gasteiger charge is -1.99. The largest absolute Gasteiger partial charge is 0.481 e. The summed E-state index contributed by atoms with van der Waals surface area (Å²) in [5.74, 6) is -0.962. The molecule has 0 saturated carbocycles. The normalized spacial score (nSPS) is 10.1. The van der Waals surface area contributed by atoms with Crippen molar-refractivity contribution in [1.82, 2.24) is 0 Å². The van der Waals surface area contributed by atoms with Gasteiger partial charge in [-0.05, 0) is 0 Å². The van der Waals surface area contributed by atoms with E-state index in [9.17, 15) is 9.59 Å². The van der Waals surface area contributed by atoms with Crippen LogP contribution < -0.4 is 0 Å². The number of carboxylic acid groups (broad SMARTS) is 2. The highest BCUT2D eigenvalue weighted by Crippen LogP contribution is 1.92. The fourth-order valence-electron chi connectivity index (χ4n) is 0.504. The fraction of sp³-hybridized carbons (Fsp3) is 0.667. The highest BCUT2D eigenvalue weighted by molar-refractivity contribution is 8.28. The van der Waals surface area contributed by atoms with Gasteiger partial charge in [0.1, 0.15) is 0 Å². The molecule has 0 fully saturated rings. The van der Waals surface area contributed by atoms with Crippen LogP contribution in [-0.4, -0.2) is 33.7 Å². The number of aliphatic carboxylic acids is 2. The Balaban J connectivity index is 3.47. The Kier molecular flexibility index (Phi) is 5.83. The van der Waals surface area contributed by atoms with Crippen molar-refractivity contribution in [2.24, 2.45) is 0 Å². The van der Waals surface area contributed by atoms with Crippen molar-refractivity contribution in [3.05, 3.63) is 0 Å². The maximum Gasteiger partial charge on any atom is 0.304 e. The first-order valence-corrected chi connectivity index (χ1v) is 5.79. The van der Waals surface area contributed by atoms with Gasteiger partial charge in [0, 0.05) is 11.5 Å². The second-order valence-electron chi connectivity index (χ2n) is 2.14. The number of hydrogen-bond acceptors (Lipinski definition) is 3. The van der Waals surface area contributed by atoms with E-state index in [1.54, 1.807) is 0 Å². The van der Waals surface area contributed by atoms with Gasteiger partial charge in [-0.25, -0.2) is 0 Å². The molecule has 0 heterocycles. The summed E-state index contributed by atoms with van der Waals surface area (Å²) in [5.41, 5.74) is 0. The topological polar surface area (TPSA) is 74.6 Å². The quantitative estimate of drug-likeness (QED) is 0.646. The predicted molar refractivity (Wildman–Crippen MR) is 49.0 cm³/mol. The van der Waals surface area contributed by atoms with E-state index >= 15 is 0 Å². The first kappa shape index (κ1) is 11.5. The van der Waals surface area contributed by atoms with E-state index in [0.29, 0.717) is 11.5 Å². The zero-order valence-electron chi connectivity index (χ0n) is 6.36. The zero-order valence-corrected chi connectivity index (χ0v) is 7.99. The van der Waals surface area contributed by atoms with Gasteiger partial charge in [-0.2, -0.15) is 0 Å². The third-order valence-electron chi connectivity index (χ3n) is 1.09. The van der Waals surface area contributed by atoms with E-state index < -0.39 is 21.4 Å². The van der Waals surface area contributed by atoms with E-state index in [2.05, 4.69) is 0 Å². The standard InChI is InChI=1S/C6H10O4S2/c7-5(8)1-3-12(11)4-2-6(9)10/h1-4H2,(H,7,8)(H,9,10). The Morgan fingerprint density at radius 1 is 1.08 bits per heavy atom. The van der Waals surface area contributed by atoms with Gasteiger partial charge in [0.15, 0.2) is 0 Å². The van der Waals surface area contributed by atoms with Crippen LogP contribution in [0.2, 0.25) is 0 Å².